The van der Waals surface area contributed by atoms with E-state index in [0.717, 1.165) is 80.8 Å². The van der Waals surface area contributed by atoms with Gasteiger partial charge in [0.15, 0.2) is 0 Å². The highest BCUT2D eigenvalue weighted by molar-refractivity contribution is 6.01. The fraction of sp³-hybridized carbons (Fsp3) is 0.0500. The number of nitrogens with one attached hydrogen (secondary N) is 4. The smallest absolute Gasteiger partial charge is 0.271 e. The molecule has 7 aromatic rings. The Hall–Kier alpha value is -7.74. The van der Waals surface area contributed by atoms with E-state index >= 15 is 0 Å². The second-order valence-corrected chi connectivity index (χ2v) is 12.5. The van der Waals surface area contributed by atoms with E-state index in [2.05, 4.69) is 31.0 Å². The second-order valence-electron chi connectivity index (χ2n) is 12.5. The molecule has 10 N–H and O–H groups in total. The Labute approximate surface area is 306 Å². The average molecular weight is 725 g/mol. The first kappa shape index (κ1) is 34.7. The van der Waals surface area contributed by atoms with E-state index in [0.29, 0.717) is 0 Å². The number of fused-ring (bicyclic) bond motifs is 2. The Balaban J connectivity index is 1.22. The highest BCUT2D eigenvalue weighted by Gasteiger charge is 2.25. The SMILES string of the molecule is Cc1ccc(C(c2c[nH]c3ccc(C(=O)N/N=C/c4c(O)cc(O)cc4O)cc23)c2c[nH]c3ccc(C(=O)N/N=C/c4c(O)cc(O)cc4O)cc23)cc1. The van der Waals surface area contributed by atoms with Gasteiger partial charge in [-0.15, -0.1) is 0 Å². The van der Waals surface area contributed by atoms with Crippen LogP contribution < -0.4 is 10.9 Å². The summed E-state index contributed by atoms with van der Waals surface area (Å²) in [6.07, 6.45) is 5.89. The molecule has 0 atom stereocenters. The van der Waals surface area contributed by atoms with Gasteiger partial charge in [0.25, 0.3) is 11.8 Å². The first-order valence-electron chi connectivity index (χ1n) is 16.4. The van der Waals surface area contributed by atoms with E-state index in [4.69, 9.17) is 0 Å². The van der Waals surface area contributed by atoms with Gasteiger partial charge in [-0.3, -0.25) is 9.59 Å². The maximum atomic E-state index is 13.2. The summed E-state index contributed by atoms with van der Waals surface area (Å²) in [6, 6.07) is 22.5. The second kappa shape index (κ2) is 14.1. The van der Waals surface area contributed by atoms with Crippen LogP contribution in [0.15, 0.2) is 108 Å². The zero-order chi connectivity index (χ0) is 38.1. The summed E-state index contributed by atoms with van der Waals surface area (Å²) >= 11 is 0. The van der Waals surface area contributed by atoms with Gasteiger partial charge in [-0.25, -0.2) is 10.9 Å². The summed E-state index contributed by atoms with van der Waals surface area (Å²) in [5, 5.41) is 68.6. The summed E-state index contributed by atoms with van der Waals surface area (Å²) in [5.74, 6) is -3.81. The molecule has 14 heteroatoms. The highest BCUT2D eigenvalue weighted by Crippen LogP contribution is 2.40. The number of phenolic OH excluding ortho intramolecular Hbond substituents is 6. The van der Waals surface area contributed by atoms with Gasteiger partial charge < -0.3 is 40.6 Å². The lowest BCUT2D eigenvalue weighted by Crippen LogP contribution is -2.17. The summed E-state index contributed by atoms with van der Waals surface area (Å²) in [5.41, 5.74) is 10.5. The lowest BCUT2D eigenvalue weighted by molar-refractivity contribution is 0.0947. The number of amides is 2. The van der Waals surface area contributed by atoms with Gasteiger partial charge in [0.2, 0.25) is 0 Å². The molecule has 5 aromatic carbocycles. The van der Waals surface area contributed by atoms with Crippen LogP contribution >= 0.6 is 0 Å². The fourth-order valence-corrected chi connectivity index (χ4v) is 6.25. The number of aromatic nitrogens is 2. The number of hydrogen-bond acceptors (Lipinski definition) is 10. The van der Waals surface area contributed by atoms with Gasteiger partial charge in [-0.2, -0.15) is 10.2 Å². The zero-order valence-electron chi connectivity index (χ0n) is 28.4. The van der Waals surface area contributed by atoms with E-state index < -0.39 is 34.8 Å². The van der Waals surface area contributed by atoms with Crippen LogP contribution in [0.3, 0.4) is 0 Å². The van der Waals surface area contributed by atoms with Gasteiger partial charge >= 0.3 is 0 Å². The molecule has 0 saturated heterocycles. The predicted molar refractivity (Wildman–Crippen MR) is 202 cm³/mol. The fourth-order valence-electron chi connectivity index (χ4n) is 6.25. The largest absolute Gasteiger partial charge is 0.508 e. The molecule has 0 unspecified atom stereocenters. The van der Waals surface area contributed by atoms with Crippen molar-refractivity contribution in [3.8, 4) is 34.5 Å². The lowest BCUT2D eigenvalue weighted by Gasteiger charge is -2.18. The minimum atomic E-state index is -0.550. The minimum absolute atomic E-state index is 0.0841. The standard InChI is InChI=1S/C40H32N6O8/c1-20-2-4-21(5-3-20)38(28-16-41-32-8-6-22(10-26(28)32)39(53)45-43-18-30-34(49)12-24(47)13-35(30)50)29-17-42-33-9-7-23(11-27(29)33)40(54)46-44-19-31-36(51)14-25(48)15-37(31)52/h2-19,38,41-42,47-52H,1H3,(H,45,53)(H,46,54)/b43-18+,44-19+. The number of aromatic amines is 2. The highest BCUT2D eigenvalue weighted by atomic mass is 16.3. The van der Waals surface area contributed by atoms with E-state index in [1.54, 1.807) is 36.4 Å². The van der Waals surface area contributed by atoms with Crippen molar-refractivity contribution in [1.29, 1.82) is 0 Å². The minimum Gasteiger partial charge on any atom is -0.508 e. The number of hydrogen-bond donors (Lipinski definition) is 10. The molecule has 0 spiro atoms. The molecule has 2 heterocycles. The number of carbonyl (C=O) groups excluding carboxylic acids is 2. The van der Waals surface area contributed by atoms with Crippen molar-refractivity contribution in [2.75, 3.05) is 0 Å². The van der Waals surface area contributed by atoms with Crippen LogP contribution in [0, 0.1) is 6.92 Å². The summed E-state index contributed by atoms with van der Waals surface area (Å²) in [7, 11) is 0. The number of nitrogens with zero attached hydrogens (tertiary/aromatic N) is 2. The lowest BCUT2D eigenvalue weighted by atomic mass is 9.84. The van der Waals surface area contributed by atoms with Crippen LogP contribution in [0.1, 0.15) is 60.0 Å². The monoisotopic (exact) mass is 724 g/mol. The molecular weight excluding hydrogens is 692 g/mol. The molecule has 0 saturated carbocycles. The van der Waals surface area contributed by atoms with Crippen LogP contribution in [0.5, 0.6) is 34.5 Å². The maximum Gasteiger partial charge on any atom is 0.271 e. The molecule has 0 aliphatic rings. The van der Waals surface area contributed by atoms with Crippen molar-refractivity contribution < 1.29 is 40.2 Å². The first-order chi connectivity index (χ1) is 26.0. The molecule has 270 valence electrons. The van der Waals surface area contributed by atoms with Crippen molar-refractivity contribution in [3.05, 3.63) is 142 Å². The number of H-pyrrole nitrogens is 2. The Morgan fingerprint density at radius 3 is 1.41 bits per heavy atom. The number of aryl methyl sites for hydroxylation is 1. The zero-order valence-corrected chi connectivity index (χ0v) is 28.4. The van der Waals surface area contributed by atoms with Gasteiger partial charge in [0, 0.05) is 75.5 Å². The molecule has 2 amide bonds. The topological polar surface area (TPSA) is 236 Å². The number of hydrazone groups is 2. The van der Waals surface area contributed by atoms with E-state index in [9.17, 15) is 40.2 Å². The van der Waals surface area contributed by atoms with Crippen LogP contribution in [0.2, 0.25) is 0 Å². The van der Waals surface area contributed by atoms with Crippen molar-refractivity contribution in [2.45, 2.75) is 12.8 Å². The van der Waals surface area contributed by atoms with Crippen LogP contribution in [0.25, 0.3) is 21.8 Å². The maximum absolute atomic E-state index is 13.2. The Kier molecular flexibility index (Phi) is 9.07. The number of rotatable bonds is 9. The van der Waals surface area contributed by atoms with Crippen molar-refractivity contribution >= 4 is 46.0 Å². The summed E-state index contributed by atoms with van der Waals surface area (Å²) < 4.78 is 0. The van der Waals surface area contributed by atoms with E-state index in [1.807, 2.05) is 43.6 Å². The number of carbonyl (C=O) groups is 2. The van der Waals surface area contributed by atoms with E-state index in [1.165, 1.54) is 0 Å². The van der Waals surface area contributed by atoms with Gasteiger partial charge in [-0.05, 0) is 60.0 Å². The van der Waals surface area contributed by atoms with Gasteiger partial charge in [-0.1, -0.05) is 29.8 Å². The predicted octanol–water partition coefficient (Wildman–Crippen LogP) is 5.90. The molecule has 2 aromatic heterocycles. The molecule has 0 fully saturated rings. The van der Waals surface area contributed by atoms with Crippen LogP contribution in [0.4, 0.5) is 0 Å². The Morgan fingerprint density at radius 1 is 0.593 bits per heavy atom. The number of phenols is 6. The molecule has 0 radical (unpaired) electrons. The van der Waals surface area contributed by atoms with Gasteiger partial charge in [0.1, 0.15) is 34.5 Å². The molecule has 0 aliphatic heterocycles. The third kappa shape index (κ3) is 6.81. The average Bonchev–Trinajstić information content (AvgIpc) is 3.75. The van der Waals surface area contributed by atoms with Crippen molar-refractivity contribution in [1.82, 2.24) is 20.8 Å². The third-order valence-corrected chi connectivity index (χ3v) is 8.95. The summed E-state index contributed by atoms with van der Waals surface area (Å²) in [4.78, 5) is 33.1. The summed E-state index contributed by atoms with van der Waals surface area (Å²) in [6.45, 7) is 1.99. The molecule has 0 aliphatic carbocycles. The van der Waals surface area contributed by atoms with Crippen molar-refractivity contribution in [3.63, 3.8) is 0 Å². The molecule has 7 rings (SSSR count). The van der Waals surface area contributed by atoms with Crippen LogP contribution in [-0.4, -0.2) is 64.9 Å². The molecule has 54 heavy (non-hydrogen) atoms. The Morgan fingerprint density at radius 2 is 1.00 bits per heavy atom. The normalized spacial score (nSPS) is 11.7. The molecule has 0 bridgehead atoms. The molecule has 14 nitrogen and oxygen atoms in total. The molecular formula is C40H32N6O8. The van der Waals surface area contributed by atoms with Crippen LogP contribution in [-0.2, 0) is 0 Å². The number of aromatic hydroxyl groups is 6. The Bertz CT molecular complexity index is 2440. The quantitative estimate of drug-likeness (QED) is 0.0634. The van der Waals surface area contributed by atoms with Crippen molar-refractivity contribution in [2.24, 2.45) is 10.2 Å². The van der Waals surface area contributed by atoms with Gasteiger partial charge in [0.05, 0.1) is 23.6 Å². The van der Waals surface area contributed by atoms with E-state index in [-0.39, 0.29) is 39.7 Å². The number of benzene rings is 5. The first-order valence-corrected chi connectivity index (χ1v) is 16.4. The third-order valence-electron chi connectivity index (χ3n) is 8.95.